The van der Waals surface area contributed by atoms with Crippen LogP contribution in [-0.4, -0.2) is 37.2 Å². The second-order valence-electron chi connectivity index (χ2n) is 18.1. The van der Waals surface area contributed by atoms with Gasteiger partial charge in [-0.1, -0.05) is 236 Å². The lowest BCUT2D eigenvalue weighted by atomic mass is 10.0. The third kappa shape index (κ3) is 50.1. The summed E-state index contributed by atoms with van der Waals surface area (Å²) in [6.07, 6.45) is 64.9. The Morgan fingerprint density at radius 3 is 1.08 bits per heavy atom. The number of hydrogen-bond acceptors (Lipinski definition) is 6. The lowest BCUT2D eigenvalue weighted by Gasteiger charge is -2.18. The Bertz CT molecular complexity index is 1170. The molecule has 0 spiro atoms. The van der Waals surface area contributed by atoms with Crippen molar-refractivity contribution in [2.45, 2.75) is 277 Å². The molecule has 6 nitrogen and oxygen atoms in total. The second-order valence-corrected chi connectivity index (χ2v) is 18.1. The number of carbonyl (C=O) groups is 3. The Balaban J connectivity index is 4.36. The minimum atomic E-state index is -0.780. The summed E-state index contributed by atoms with van der Waals surface area (Å²) in [5, 5.41) is 0. The first-order chi connectivity index (χ1) is 31.5. The molecule has 0 radical (unpaired) electrons. The van der Waals surface area contributed by atoms with Crippen molar-refractivity contribution >= 4 is 17.9 Å². The Morgan fingerprint density at radius 2 is 0.656 bits per heavy atom. The highest BCUT2D eigenvalue weighted by molar-refractivity contribution is 5.71. The largest absolute Gasteiger partial charge is 0.462 e. The van der Waals surface area contributed by atoms with Crippen LogP contribution in [0.1, 0.15) is 271 Å². The van der Waals surface area contributed by atoms with Crippen molar-refractivity contribution in [3.63, 3.8) is 0 Å². The molecule has 1 atom stereocenters. The van der Waals surface area contributed by atoms with Gasteiger partial charge in [0.1, 0.15) is 13.2 Å². The molecule has 0 aliphatic rings. The molecule has 0 aromatic carbocycles. The smallest absolute Gasteiger partial charge is 0.306 e. The van der Waals surface area contributed by atoms with Gasteiger partial charge in [0.25, 0.3) is 0 Å². The Labute approximate surface area is 396 Å². The maximum absolute atomic E-state index is 12.8. The summed E-state index contributed by atoms with van der Waals surface area (Å²) in [6.45, 7) is 6.50. The molecule has 0 amide bonds. The number of hydrogen-bond donors (Lipinski definition) is 0. The molecule has 0 rings (SSSR count). The molecule has 0 aliphatic heterocycles. The average Bonchev–Trinajstić information content (AvgIpc) is 3.29. The van der Waals surface area contributed by atoms with E-state index in [-0.39, 0.29) is 31.1 Å². The summed E-state index contributed by atoms with van der Waals surface area (Å²) in [5.41, 5.74) is 0. The van der Waals surface area contributed by atoms with Gasteiger partial charge in [0, 0.05) is 19.3 Å². The SMILES string of the molecule is CC/C=C\C/C=C\C/C=C\CCCCCCCCCCCC(=O)OCC(COC(=O)CCCCCCCCCCCCCC)OC(=O)CCCCCCCC/C=C\C=C/CCCCC. The van der Waals surface area contributed by atoms with Gasteiger partial charge in [0.05, 0.1) is 0 Å². The molecule has 370 valence electrons. The van der Waals surface area contributed by atoms with E-state index in [1.165, 1.54) is 148 Å². The first kappa shape index (κ1) is 61.1. The maximum atomic E-state index is 12.8. The van der Waals surface area contributed by atoms with E-state index in [9.17, 15) is 14.4 Å². The number of unbranched alkanes of at least 4 members (excludes halogenated alkanes) is 29. The van der Waals surface area contributed by atoms with Crippen LogP contribution in [0, 0.1) is 0 Å². The molecular weight excluding hydrogens is 793 g/mol. The van der Waals surface area contributed by atoms with Crippen LogP contribution in [-0.2, 0) is 28.6 Å². The van der Waals surface area contributed by atoms with Gasteiger partial charge >= 0.3 is 17.9 Å². The molecule has 0 fully saturated rings. The van der Waals surface area contributed by atoms with Crippen LogP contribution in [0.4, 0.5) is 0 Å². The van der Waals surface area contributed by atoms with Crippen molar-refractivity contribution in [1.82, 2.24) is 0 Å². The molecule has 6 heteroatoms. The van der Waals surface area contributed by atoms with E-state index in [0.29, 0.717) is 19.3 Å². The molecule has 0 saturated heterocycles. The summed E-state index contributed by atoms with van der Waals surface area (Å²) < 4.78 is 16.8. The number of carbonyl (C=O) groups excluding carboxylic acids is 3. The molecule has 0 bridgehead atoms. The number of rotatable bonds is 49. The van der Waals surface area contributed by atoms with Crippen molar-refractivity contribution < 1.29 is 28.6 Å². The molecule has 0 heterocycles. The van der Waals surface area contributed by atoms with Crippen LogP contribution >= 0.6 is 0 Å². The minimum Gasteiger partial charge on any atom is -0.462 e. The Kier molecular flexibility index (Phi) is 50.4. The normalized spacial score (nSPS) is 12.5. The number of ether oxygens (including phenoxy) is 3. The Hall–Kier alpha value is -2.89. The number of allylic oxidation sites excluding steroid dienone is 10. The van der Waals surface area contributed by atoms with Crippen LogP contribution in [0.2, 0.25) is 0 Å². The number of esters is 3. The lowest BCUT2D eigenvalue weighted by molar-refractivity contribution is -0.167. The molecule has 0 aromatic heterocycles. The highest BCUT2D eigenvalue weighted by Crippen LogP contribution is 2.15. The fourth-order valence-corrected chi connectivity index (χ4v) is 7.68. The minimum absolute atomic E-state index is 0.0784. The first-order valence-corrected chi connectivity index (χ1v) is 27.3. The second kappa shape index (κ2) is 52.7. The highest BCUT2D eigenvalue weighted by Gasteiger charge is 2.19. The zero-order chi connectivity index (χ0) is 46.5. The van der Waals surface area contributed by atoms with E-state index in [4.69, 9.17) is 14.2 Å². The maximum Gasteiger partial charge on any atom is 0.306 e. The molecule has 1 unspecified atom stereocenters. The van der Waals surface area contributed by atoms with Crippen molar-refractivity contribution in [3.05, 3.63) is 60.8 Å². The summed E-state index contributed by atoms with van der Waals surface area (Å²) in [6, 6.07) is 0. The molecular formula is C58H102O6. The van der Waals surface area contributed by atoms with Gasteiger partial charge in [-0.15, -0.1) is 0 Å². The summed E-state index contributed by atoms with van der Waals surface area (Å²) in [7, 11) is 0. The summed E-state index contributed by atoms with van der Waals surface area (Å²) in [4.78, 5) is 38.0. The molecule has 0 aliphatic carbocycles. The third-order valence-corrected chi connectivity index (χ3v) is 11.8. The van der Waals surface area contributed by atoms with Gasteiger partial charge in [-0.05, 0) is 77.0 Å². The quantitative estimate of drug-likeness (QED) is 0.0199. The summed E-state index contributed by atoms with van der Waals surface area (Å²) >= 11 is 0. The highest BCUT2D eigenvalue weighted by atomic mass is 16.6. The van der Waals surface area contributed by atoms with Crippen LogP contribution in [0.15, 0.2) is 60.8 Å². The van der Waals surface area contributed by atoms with Gasteiger partial charge in [0.15, 0.2) is 6.10 Å². The van der Waals surface area contributed by atoms with E-state index >= 15 is 0 Å². The predicted molar refractivity (Wildman–Crippen MR) is 275 cm³/mol. The van der Waals surface area contributed by atoms with Gasteiger partial charge in [-0.25, -0.2) is 0 Å². The van der Waals surface area contributed by atoms with Crippen molar-refractivity contribution in [1.29, 1.82) is 0 Å². The van der Waals surface area contributed by atoms with Crippen LogP contribution in [0.3, 0.4) is 0 Å². The summed E-state index contributed by atoms with van der Waals surface area (Å²) in [5.74, 6) is -0.888. The molecule has 0 saturated carbocycles. The van der Waals surface area contributed by atoms with Crippen LogP contribution < -0.4 is 0 Å². The van der Waals surface area contributed by atoms with E-state index < -0.39 is 6.10 Å². The van der Waals surface area contributed by atoms with E-state index in [1.807, 2.05) is 0 Å². The monoisotopic (exact) mass is 895 g/mol. The van der Waals surface area contributed by atoms with Crippen molar-refractivity contribution in [2.24, 2.45) is 0 Å². The van der Waals surface area contributed by atoms with Gasteiger partial charge in [-0.2, -0.15) is 0 Å². The van der Waals surface area contributed by atoms with Gasteiger partial charge < -0.3 is 14.2 Å². The van der Waals surface area contributed by atoms with Crippen molar-refractivity contribution in [2.75, 3.05) is 13.2 Å². The fraction of sp³-hybridized carbons (Fsp3) is 0.776. The molecule has 64 heavy (non-hydrogen) atoms. The van der Waals surface area contributed by atoms with E-state index in [1.54, 1.807) is 0 Å². The standard InChI is InChI=1S/C58H102O6/c1-4-7-10-13-16-19-22-25-27-28-29-30-32-33-36-39-42-45-48-51-57(60)63-54-55(53-62-56(59)50-47-44-41-38-35-24-21-18-15-12-9-6-3)64-58(61)52-49-46-43-40-37-34-31-26-23-20-17-14-11-8-5-2/h7,10,16-17,19-20,23,25-27,55H,4-6,8-9,11-15,18,21-22,24,28-54H2,1-3H3/b10-7-,19-16-,20-17-,26-23-,27-25-. The molecule has 0 aromatic rings. The third-order valence-electron chi connectivity index (χ3n) is 11.8. The van der Waals surface area contributed by atoms with E-state index in [0.717, 1.165) is 83.5 Å². The lowest BCUT2D eigenvalue weighted by Crippen LogP contribution is -2.30. The fourth-order valence-electron chi connectivity index (χ4n) is 7.68. The van der Waals surface area contributed by atoms with Gasteiger partial charge in [0.2, 0.25) is 0 Å². The zero-order valence-electron chi connectivity index (χ0n) is 42.3. The Morgan fingerprint density at radius 1 is 0.344 bits per heavy atom. The van der Waals surface area contributed by atoms with Crippen LogP contribution in [0.25, 0.3) is 0 Å². The van der Waals surface area contributed by atoms with Crippen molar-refractivity contribution in [3.8, 4) is 0 Å². The van der Waals surface area contributed by atoms with Gasteiger partial charge in [-0.3, -0.25) is 14.4 Å². The topological polar surface area (TPSA) is 78.9 Å². The predicted octanol–water partition coefficient (Wildman–Crippen LogP) is 18.0. The average molecular weight is 895 g/mol. The van der Waals surface area contributed by atoms with Crippen LogP contribution in [0.5, 0.6) is 0 Å². The zero-order valence-corrected chi connectivity index (χ0v) is 42.3. The van der Waals surface area contributed by atoms with E-state index in [2.05, 4.69) is 81.5 Å². The first-order valence-electron chi connectivity index (χ1n) is 27.3. The molecule has 0 N–H and O–H groups in total.